The van der Waals surface area contributed by atoms with Gasteiger partial charge in [-0.2, -0.15) is 0 Å². The molecule has 1 unspecified atom stereocenters. The zero-order chi connectivity index (χ0) is 10.8. The number of nitrogens with zero attached hydrogens (tertiary/aromatic N) is 1. The van der Waals surface area contributed by atoms with E-state index in [1.165, 1.54) is 11.1 Å². The first kappa shape index (κ1) is 10.6. The monoisotopic (exact) mass is 207 g/mol. The first-order valence-corrected chi connectivity index (χ1v) is 5.76. The molecule has 0 amide bonds. The molecule has 0 spiro atoms. The van der Waals surface area contributed by atoms with E-state index in [1.807, 2.05) is 6.20 Å². The van der Waals surface area contributed by atoms with Gasteiger partial charge in [0, 0.05) is 18.3 Å². The van der Waals surface area contributed by atoms with E-state index in [0.29, 0.717) is 18.8 Å². The third kappa shape index (κ3) is 2.36. The van der Waals surface area contributed by atoms with Gasteiger partial charge in [0.25, 0.3) is 0 Å². The Morgan fingerprint density at radius 2 is 2.33 bits per heavy atom. The van der Waals surface area contributed by atoms with Crippen molar-refractivity contribution in [3.05, 3.63) is 29.1 Å². The highest BCUT2D eigenvalue weighted by Gasteiger charge is 2.21. The van der Waals surface area contributed by atoms with Gasteiger partial charge in [-0.1, -0.05) is 13.8 Å². The molecule has 1 atom stereocenters. The molecule has 1 aliphatic rings. The first-order chi connectivity index (χ1) is 7.16. The molecule has 82 valence electrons. The van der Waals surface area contributed by atoms with Gasteiger partial charge in [-0.3, -0.25) is 4.98 Å². The van der Waals surface area contributed by atoms with E-state index in [1.54, 1.807) is 0 Å². The molecule has 1 nitrogen and oxygen atoms in total. The van der Waals surface area contributed by atoms with Crippen LogP contribution in [0, 0.1) is 5.92 Å². The van der Waals surface area contributed by atoms with E-state index < -0.39 is 6.17 Å². The highest BCUT2D eigenvalue weighted by molar-refractivity contribution is 5.33. The van der Waals surface area contributed by atoms with Crippen molar-refractivity contribution in [1.29, 1.82) is 0 Å². The number of fused-ring (bicyclic) bond motifs is 1. The average molecular weight is 207 g/mol. The second kappa shape index (κ2) is 4.30. The number of hydrogen-bond donors (Lipinski definition) is 0. The van der Waals surface area contributed by atoms with Gasteiger partial charge in [-0.15, -0.1) is 0 Å². The highest BCUT2D eigenvalue weighted by atomic mass is 19.1. The SMILES string of the molecule is CC(C)Cc1ccnc2c1CC(F)CC2. The Balaban J connectivity index is 2.31. The van der Waals surface area contributed by atoms with Crippen molar-refractivity contribution in [2.45, 2.75) is 45.7 Å². The van der Waals surface area contributed by atoms with Crippen LogP contribution in [-0.4, -0.2) is 11.2 Å². The molecule has 0 saturated heterocycles. The maximum atomic E-state index is 13.4. The standard InChI is InChI=1S/C13H18FN/c1-9(2)7-10-5-6-15-13-4-3-11(14)8-12(10)13/h5-6,9,11H,3-4,7-8H2,1-2H3. The Bertz CT molecular complexity index is 346. The smallest absolute Gasteiger partial charge is 0.105 e. The lowest BCUT2D eigenvalue weighted by Crippen LogP contribution is -2.18. The van der Waals surface area contributed by atoms with Crippen molar-refractivity contribution in [2.75, 3.05) is 0 Å². The summed E-state index contributed by atoms with van der Waals surface area (Å²) in [5.74, 6) is 0.622. The number of aryl methyl sites for hydroxylation is 1. The second-order valence-electron chi connectivity index (χ2n) is 4.83. The molecule has 0 radical (unpaired) electrons. The van der Waals surface area contributed by atoms with E-state index in [4.69, 9.17) is 0 Å². The van der Waals surface area contributed by atoms with E-state index in [2.05, 4.69) is 24.9 Å². The van der Waals surface area contributed by atoms with Gasteiger partial charge in [0.15, 0.2) is 0 Å². The van der Waals surface area contributed by atoms with Crippen LogP contribution < -0.4 is 0 Å². The summed E-state index contributed by atoms with van der Waals surface area (Å²) < 4.78 is 13.4. The van der Waals surface area contributed by atoms with Gasteiger partial charge in [0.05, 0.1) is 0 Å². The molecule has 0 saturated carbocycles. The number of halogens is 1. The van der Waals surface area contributed by atoms with Crippen molar-refractivity contribution < 1.29 is 4.39 Å². The first-order valence-electron chi connectivity index (χ1n) is 5.76. The summed E-state index contributed by atoms with van der Waals surface area (Å²) in [6.07, 6.45) is 4.28. The van der Waals surface area contributed by atoms with Crippen LogP contribution in [0.2, 0.25) is 0 Å². The summed E-state index contributed by atoms with van der Waals surface area (Å²) >= 11 is 0. The molecule has 1 heterocycles. The van der Waals surface area contributed by atoms with Crippen molar-refractivity contribution in [3.63, 3.8) is 0 Å². The van der Waals surface area contributed by atoms with Gasteiger partial charge in [0.1, 0.15) is 6.17 Å². The van der Waals surface area contributed by atoms with Crippen molar-refractivity contribution in [3.8, 4) is 0 Å². The lowest BCUT2D eigenvalue weighted by molar-refractivity contribution is 0.298. The topological polar surface area (TPSA) is 12.9 Å². The zero-order valence-electron chi connectivity index (χ0n) is 9.46. The highest BCUT2D eigenvalue weighted by Crippen LogP contribution is 2.26. The molecule has 1 aliphatic carbocycles. The Morgan fingerprint density at radius 3 is 3.07 bits per heavy atom. The van der Waals surface area contributed by atoms with Crippen LogP contribution in [0.3, 0.4) is 0 Å². The van der Waals surface area contributed by atoms with Gasteiger partial charge in [0.2, 0.25) is 0 Å². The zero-order valence-corrected chi connectivity index (χ0v) is 9.46. The number of aromatic nitrogens is 1. The molecular weight excluding hydrogens is 189 g/mol. The fourth-order valence-corrected chi connectivity index (χ4v) is 2.29. The summed E-state index contributed by atoms with van der Waals surface area (Å²) in [6.45, 7) is 4.39. The van der Waals surface area contributed by atoms with Crippen LogP contribution in [-0.2, 0) is 19.3 Å². The molecule has 2 rings (SSSR count). The van der Waals surface area contributed by atoms with E-state index in [9.17, 15) is 4.39 Å². The summed E-state index contributed by atoms with van der Waals surface area (Å²) in [5, 5.41) is 0. The molecule has 0 N–H and O–H groups in total. The third-order valence-corrected chi connectivity index (χ3v) is 2.99. The molecule has 15 heavy (non-hydrogen) atoms. The van der Waals surface area contributed by atoms with Crippen LogP contribution in [0.25, 0.3) is 0 Å². The van der Waals surface area contributed by atoms with Gasteiger partial charge >= 0.3 is 0 Å². The van der Waals surface area contributed by atoms with E-state index >= 15 is 0 Å². The van der Waals surface area contributed by atoms with Gasteiger partial charge in [-0.05, 0) is 42.4 Å². The Morgan fingerprint density at radius 1 is 1.53 bits per heavy atom. The fraction of sp³-hybridized carbons (Fsp3) is 0.615. The average Bonchev–Trinajstić information content (AvgIpc) is 2.18. The van der Waals surface area contributed by atoms with Crippen LogP contribution in [0.15, 0.2) is 12.3 Å². The van der Waals surface area contributed by atoms with Crippen LogP contribution in [0.1, 0.15) is 37.1 Å². The summed E-state index contributed by atoms with van der Waals surface area (Å²) in [4.78, 5) is 4.35. The van der Waals surface area contributed by atoms with Crippen molar-refractivity contribution in [2.24, 2.45) is 5.92 Å². The summed E-state index contributed by atoms with van der Waals surface area (Å²) in [5.41, 5.74) is 3.62. The number of rotatable bonds is 2. The van der Waals surface area contributed by atoms with Gasteiger partial charge < -0.3 is 0 Å². The maximum Gasteiger partial charge on any atom is 0.105 e. The lowest BCUT2D eigenvalue weighted by atomic mass is 9.88. The molecule has 0 aromatic carbocycles. The normalized spacial score (nSPS) is 20.4. The summed E-state index contributed by atoms with van der Waals surface area (Å²) in [7, 11) is 0. The van der Waals surface area contributed by atoms with E-state index in [-0.39, 0.29) is 0 Å². The van der Waals surface area contributed by atoms with Crippen molar-refractivity contribution in [1.82, 2.24) is 4.98 Å². The Kier molecular flexibility index (Phi) is 3.03. The number of pyridine rings is 1. The minimum Gasteiger partial charge on any atom is -0.261 e. The summed E-state index contributed by atoms with van der Waals surface area (Å²) in [6, 6.07) is 2.05. The van der Waals surface area contributed by atoms with E-state index in [0.717, 1.165) is 18.5 Å². The fourth-order valence-electron chi connectivity index (χ4n) is 2.29. The maximum absolute atomic E-state index is 13.4. The minimum atomic E-state index is -0.660. The van der Waals surface area contributed by atoms with Gasteiger partial charge in [-0.25, -0.2) is 4.39 Å². The molecule has 0 fully saturated rings. The molecule has 0 bridgehead atoms. The molecular formula is C13H18FN. The largest absolute Gasteiger partial charge is 0.261 e. The number of hydrogen-bond acceptors (Lipinski definition) is 1. The predicted molar refractivity (Wildman–Crippen MR) is 59.7 cm³/mol. The third-order valence-electron chi connectivity index (χ3n) is 2.99. The second-order valence-corrected chi connectivity index (χ2v) is 4.83. The van der Waals surface area contributed by atoms with Crippen molar-refractivity contribution >= 4 is 0 Å². The molecule has 1 aromatic heterocycles. The molecule has 1 aromatic rings. The quantitative estimate of drug-likeness (QED) is 0.726. The van der Waals surface area contributed by atoms with Crippen LogP contribution >= 0.6 is 0 Å². The molecule has 2 heteroatoms. The van der Waals surface area contributed by atoms with Crippen LogP contribution in [0.5, 0.6) is 0 Å². The minimum absolute atomic E-state index is 0.575. The predicted octanol–water partition coefficient (Wildman–Crippen LogP) is 3.11. The lowest BCUT2D eigenvalue weighted by Gasteiger charge is -2.21. The van der Waals surface area contributed by atoms with Crippen LogP contribution in [0.4, 0.5) is 4.39 Å². The Labute approximate surface area is 90.7 Å². The Hall–Kier alpha value is -0.920. The molecule has 0 aliphatic heterocycles. The number of alkyl halides is 1.